The Morgan fingerprint density at radius 3 is 2.81 bits per heavy atom. The maximum absolute atomic E-state index is 12.8. The zero-order valence-electron chi connectivity index (χ0n) is 11.1. The van der Waals surface area contributed by atoms with E-state index < -0.39 is 22.0 Å². The normalized spacial score (nSPS) is 19.9. The van der Waals surface area contributed by atoms with Crippen molar-refractivity contribution in [2.45, 2.75) is 23.8 Å². The van der Waals surface area contributed by atoms with Gasteiger partial charge in [0, 0.05) is 18.1 Å². The summed E-state index contributed by atoms with van der Waals surface area (Å²) in [6, 6.07) is 7.23. The number of carbonyl (C=O) groups excluding carboxylic acids is 1. The molecule has 6 nitrogen and oxygen atoms in total. The number of nitrogens with zero attached hydrogens (tertiary/aromatic N) is 2. The molecule has 0 bridgehead atoms. The molecule has 1 unspecified atom stereocenters. The SMILES string of the molecule is O=C([O-])C1CCCN1S(=O)(=O)c1cccc2cccnc12. The number of aromatic nitrogens is 1. The summed E-state index contributed by atoms with van der Waals surface area (Å²) in [5.74, 6) is -1.36. The molecule has 3 rings (SSSR count). The quantitative estimate of drug-likeness (QED) is 0.804. The summed E-state index contributed by atoms with van der Waals surface area (Å²) in [6.45, 7) is 0.185. The minimum Gasteiger partial charge on any atom is -0.548 e. The van der Waals surface area contributed by atoms with Crippen LogP contribution in [0.25, 0.3) is 10.9 Å². The van der Waals surface area contributed by atoms with E-state index >= 15 is 0 Å². The van der Waals surface area contributed by atoms with Crippen LogP contribution in [-0.4, -0.2) is 36.3 Å². The smallest absolute Gasteiger partial charge is 0.245 e. The molecule has 0 aliphatic carbocycles. The Morgan fingerprint density at radius 1 is 1.29 bits per heavy atom. The van der Waals surface area contributed by atoms with Crippen molar-refractivity contribution in [1.82, 2.24) is 9.29 Å². The lowest BCUT2D eigenvalue weighted by molar-refractivity contribution is -0.309. The first-order valence-electron chi connectivity index (χ1n) is 6.58. The van der Waals surface area contributed by atoms with E-state index in [1.54, 1.807) is 24.3 Å². The molecule has 1 aromatic heterocycles. The number of hydrogen-bond donors (Lipinski definition) is 0. The summed E-state index contributed by atoms with van der Waals surface area (Å²) < 4.78 is 26.5. The molecule has 1 saturated heterocycles. The van der Waals surface area contributed by atoms with Gasteiger partial charge in [-0.2, -0.15) is 4.31 Å². The highest BCUT2D eigenvalue weighted by Crippen LogP contribution is 2.29. The van der Waals surface area contributed by atoms with Gasteiger partial charge in [-0.15, -0.1) is 0 Å². The van der Waals surface area contributed by atoms with Gasteiger partial charge in [0.25, 0.3) is 0 Å². The summed E-state index contributed by atoms with van der Waals surface area (Å²) in [7, 11) is -3.91. The van der Waals surface area contributed by atoms with Crippen LogP contribution < -0.4 is 5.11 Å². The van der Waals surface area contributed by atoms with E-state index in [1.165, 1.54) is 12.3 Å². The second kappa shape index (κ2) is 5.09. The predicted molar refractivity (Wildman–Crippen MR) is 73.7 cm³/mol. The number of carbonyl (C=O) groups is 1. The number of aliphatic carboxylic acids is 1. The molecular formula is C14H13N2O4S-. The standard InChI is InChI=1S/C14H14N2O4S/c17-14(18)11-6-3-9-16(11)21(19,20)12-7-1-4-10-5-2-8-15-13(10)12/h1-2,4-5,7-8,11H,3,6,9H2,(H,17,18)/p-1. The van der Waals surface area contributed by atoms with Crippen LogP contribution in [0.4, 0.5) is 0 Å². The molecule has 1 aromatic carbocycles. The number of benzene rings is 1. The largest absolute Gasteiger partial charge is 0.548 e. The van der Waals surface area contributed by atoms with Crippen LogP contribution in [0.15, 0.2) is 41.4 Å². The van der Waals surface area contributed by atoms with Crippen LogP contribution in [0, 0.1) is 0 Å². The molecule has 1 fully saturated rings. The van der Waals surface area contributed by atoms with E-state index in [0.29, 0.717) is 17.3 Å². The molecule has 0 amide bonds. The lowest BCUT2D eigenvalue weighted by Crippen LogP contribution is -2.46. The highest BCUT2D eigenvalue weighted by molar-refractivity contribution is 7.89. The van der Waals surface area contributed by atoms with Gasteiger partial charge in [-0.1, -0.05) is 18.2 Å². The number of hydrogen-bond acceptors (Lipinski definition) is 5. The van der Waals surface area contributed by atoms with Crippen LogP contribution >= 0.6 is 0 Å². The van der Waals surface area contributed by atoms with Gasteiger partial charge >= 0.3 is 0 Å². The zero-order chi connectivity index (χ0) is 15.0. The Hall–Kier alpha value is -1.99. The van der Waals surface area contributed by atoms with Crippen molar-refractivity contribution in [2.24, 2.45) is 0 Å². The van der Waals surface area contributed by atoms with Gasteiger partial charge in [-0.25, -0.2) is 8.42 Å². The summed E-state index contributed by atoms with van der Waals surface area (Å²) in [5.41, 5.74) is 0.351. The average molecular weight is 305 g/mol. The maximum Gasteiger partial charge on any atom is 0.245 e. The van der Waals surface area contributed by atoms with Crippen molar-refractivity contribution in [3.8, 4) is 0 Å². The average Bonchev–Trinajstić information content (AvgIpc) is 2.97. The Morgan fingerprint density at radius 2 is 2.05 bits per heavy atom. The second-order valence-electron chi connectivity index (χ2n) is 4.92. The minimum absolute atomic E-state index is 0.0359. The van der Waals surface area contributed by atoms with Crippen LogP contribution in [0.3, 0.4) is 0 Å². The summed E-state index contributed by atoms with van der Waals surface area (Å²) in [4.78, 5) is 15.3. The fraction of sp³-hybridized carbons (Fsp3) is 0.286. The molecule has 0 N–H and O–H groups in total. The fourth-order valence-corrected chi connectivity index (χ4v) is 4.49. The van der Waals surface area contributed by atoms with E-state index in [9.17, 15) is 18.3 Å². The molecule has 0 spiro atoms. The number of para-hydroxylation sites is 1. The third-order valence-corrected chi connectivity index (χ3v) is 5.60. The van der Waals surface area contributed by atoms with Gasteiger partial charge in [0.05, 0.1) is 17.5 Å². The van der Waals surface area contributed by atoms with Crippen molar-refractivity contribution in [3.63, 3.8) is 0 Å². The molecule has 2 aromatic rings. The van der Waals surface area contributed by atoms with Crippen LogP contribution in [0.5, 0.6) is 0 Å². The van der Waals surface area contributed by atoms with Crippen LogP contribution in [-0.2, 0) is 14.8 Å². The van der Waals surface area contributed by atoms with E-state index in [4.69, 9.17) is 0 Å². The molecule has 0 radical (unpaired) electrons. The molecule has 0 saturated carbocycles. The topological polar surface area (TPSA) is 90.4 Å². The molecule has 21 heavy (non-hydrogen) atoms. The van der Waals surface area contributed by atoms with Gasteiger partial charge in [0.2, 0.25) is 10.0 Å². The number of sulfonamides is 1. The molecular weight excluding hydrogens is 292 g/mol. The number of rotatable bonds is 3. The summed E-state index contributed by atoms with van der Waals surface area (Å²) >= 11 is 0. The number of fused-ring (bicyclic) bond motifs is 1. The third kappa shape index (κ3) is 2.28. The Kier molecular flexibility index (Phi) is 3.38. The first-order chi connectivity index (χ1) is 10.0. The van der Waals surface area contributed by atoms with E-state index in [0.717, 1.165) is 4.31 Å². The van der Waals surface area contributed by atoms with Crippen molar-refractivity contribution in [3.05, 3.63) is 36.5 Å². The van der Waals surface area contributed by atoms with E-state index in [-0.39, 0.29) is 17.9 Å². The second-order valence-corrected chi connectivity index (χ2v) is 6.78. The van der Waals surface area contributed by atoms with Crippen molar-refractivity contribution < 1.29 is 18.3 Å². The van der Waals surface area contributed by atoms with E-state index in [2.05, 4.69) is 4.98 Å². The number of carboxylic acids is 1. The van der Waals surface area contributed by atoms with Crippen LogP contribution in [0.1, 0.15) is 12.8 Å². The third-order valence-electron chi connectivity index (χ3n) is 3.66. The molecule has 1 aliphatic rings. The van der Waals surface area contributed by atoms with Crippen molar-refractivity contribution in [1.29, 1.82) is 0 Å². The summed E-state index contributed by atoms with van der Waals surface area (Å²) in [6.07, 6.45) is 2.30. The highest BCUT2D eigenvalue weighted by atomic mass is 32.2. The van der Waals surface area contributed by atoms with Gasteiger partial charge in [0.1, 0.15) is 4.90 Å². The lowest BCUT2D eigenvalue weighted by atomic mass is 10.2. The maximum atomic E-state index is 12.8. The Balaban J connectivity index is 2.15. The zero-order valence-corrected chi connectivity index (χ0v) is 11.9. The van der Waals surface area contributed by atoms with Gasteiger partial charge in [-0.05, 0) is 25.0 Å². The van der Waals surface area contributed by atoms with Crippen LogP contribution in [0.2, 0.25) is 0 Å². The predicted octanol–water partition coefficient (Wildman–Crippen LogP) is 0.138. The number of pyridine rings is 1. The highest BCUT2D eigenvalue weighted by Gasteiger charge is 2.36. The van der Waals surface area contributed by atoms with E-state index in [1.807, 2.05) is 0 Å². The molecule has 1 atom stereocenters. The van der Waals surface area contributed by atoms with Gasteiger partial charge < -0.3 is 9.90 Å². The molecule has 7 heteroatoms. The lowest BCUT2D eigenvalue weighted by Gasteiger charge is -2.25. The molecule has 1 aliphatic heterocycles. The minimum atomic E-state index is -3.91. The van der Waals surface area contributed by atoms with Gasteiger partial charge in [-0.3, -0.25) is 4.98 Å². The molecule has 2 heterocycles. The first-order valence-corrected chi connectivity index (χ1v) is 8.02. The van der Waals surface area contributed by atoms with Crippen molar-refractivity contribution in [2.75, 3.05) is 6.54 Å². The Labute approximate surface area is 122 Å². The monoisotopic (exact) mass is 305 g/mol. The number of carboxylic acid groups (broad SMARTS) is 1. The molecule has 110 valence electrons. The van der Waals surface area contributed by atoms with Crippen molar-refractivity contribution >= 4 is 26.9 Å². The summed E-state index contributed by atoms with van der Waals surface area (Å²) in [5, 5.41) is 11.8. The fourth-order valence-electron chi connectivity index (χ4n) is 2.67. The first kappa shape index (κ1) is 14.0. The Bertz CT molecular complexity index is 798. The van der Waals surface area contributed by atoms with Gasteiger partial charge in [0.15, 0.2) is 0 Å².